The minimum absolute atomic E-state index is 0.324. The average molecular weight is 263 g/mol. The van der Waals surface area contributed by atoms with Crippen LogP contribution in [0, 0.1) is 0 Å². The Balaban J connectivity index is 2.37. The highest BCUT2D eigenvalue weighted by Gasteiger charge is 2.34. The summed E-state index contributed by atoms with van der Waals surface area (Å²) in [4.78, 5) is 11.7. The van der Waals surface area contributed by atoms with E-state index in [9.17, 15) is 4.79 Å². The molecule has 0 saturated heterocycles. The molecule has 0 amide bonds. The number of hydrogen-bond donors (Lipinski definition) is 0. The second-order valence-electron chi connectivity index (χ2n) is 4.38. The third-order valence-electron chi connectivity index (χ3n) is 3.11. The Labute approximate surface area is 112 Å². The molecule has 1 aliphatic carbocycles. The van der Waals surface area contributed by atoms with Gasteiger partial charge >= 0.3 is 5.97 Å². The third kappa shape index (κ3) is 2.21. The number of halogens is 1. The second-order valence-corrected chi connectivity index (χ2v) is 4.79. The lowest BCUT2D eigenvalue weighted by Gasteiger charge is -2.23. The van der Waals surface area contributed by atoms with Crippen molar-refractivity contribution in [3.8, 4) is 0 Å². The maximum absolute atomic E-state index is 11.7. The first-order valence-electron chi connectivity index (χ1n) is 5.91. The molecule has 2 rings (SSSR count). The molecule has 0 aromatic heterocycles. The molecule has 1 aromatic carbocycles. The van der Waals surface area contributed by atoms with Gasteiger partial charge in [-0.25, -0.2) is 4.79 Å². The third-order valence-corrected chi connectivity index (χ3v) is 3.61. The minimum atomic E-state index is -0.440. The molecular weight excluding hydrogens is 248 g/mol. The summed E-state index contributed by atoms with van der Waals surface area (Å²) < 4.78 is 4.99. The van der Waals surface area contributed by atoms with E-state index in [0.29, 0.717) is 17.2 Å². The van der Waals surface area contributed by atoms with Gasteiger partial charge in [0.2, 0.25) is 0 Å². The van der Waals surface area contributed by atoms with Crippen molar-refractivity contribution in [3.63, 3.8) is 0 Å². The van der Waals surface area contributed by atoms with Crippen molar-refractivity contribution in [1.82, 2.24) is 0 Å². The van der Waals surface area contributed by atoms with E-state index in [1.165, 1.54) is 0 Å². The van der Waals surface area contributed by atoms with Gasteiger partial charge in [-0.05, 0) is 25.5 Å². The zero-order chi connectivity index (χ0) is 13.2. The normalized spacial score (nSPS) is 22.4. The molecule has 1 aliphatic rings. The lowest BCUT2D eigenvalue weighted by molar-refractivity contribution is -0.138. The molecular formula is C15H15ClO2. The number of rotatable bonds is 3. The Morgan fingerprint density at radius 2 is 2.00 bits per heavy atom. The van der Waals surface area contributed by atoms with Crippen molar-refractivity contribution < 1.29 is 9.53 Å². The largest absolute Gasteiger partial charge is 0.462 e. The quantitative estimate of drug-likeness (QED) is 0.779. The van der Waals surface area contributed by atoms with Crippen LogP contribution in [0.4, 0.5) is 0 Å². The fraction of sp³-hybridized carbons (Fsp3) is 0.267. The highest BCUT2D eigenvalue weighted by Crippen LogP contribution is 2.41. The van der Waals surface area contributed by atoms with Gasteiger partial charge < -0.3 is 4.74 Å². The first-order valence-corrected chi connectivity index (χ1v) is 6.29. The standard InChI is InChI=1S/C15H15ClO2/c1-3-18-14(17)11-9-13(16)15(2,10-11)12-7-5-4-6-8-12/h4-10H,3H2,1-2H3. The Kier molecular flexibility index (Phi) is 3.58. The highest BCUT2D eigenvalue weighted by atomic mass is 35.5. The predicted octanol–water partition coefficient (Wildman–Crippen LogP) is 3.57. The Hall–Kier alpha value is -1.54. The van der Waals surface area contributed by atoms with E-state index in [0.717, 1.165) is 5.56 Å². The average Bonchev–Trinajstić information content (AvgIpc) is 2.69. The maximum Gasteiger partial charge on any atom is 0.337 e. The summed E-state index contributed by atoms with van der Waals surface area (Å²) in [6.07, 6.45) is 3.55. The number of ether oxygens (including phenoxy) is 1. The topological polar surface area (TPSA) is 26.3 Å². The van der Waals surface area contributed by atoms with Gasteiger partial charge in [0.1, 0.15) is 0 Å². The molecule has 1 unspecified atom stereocenters. The van der Waals surface area contributed by atoms with Crippen molar-refractivity contribution in [2.24, 2.45) is 0 Å². The second kappa shape index (κ2) is 4.99. The van der Waals surface area contributed by atoms with Gasteiger partial charge in [-0.2, -0.15) is 0 Å². The van der Waals surface area contributed by atoms with Crippen LogP contribution >= 0.6 is 11.6 Å². The number of esters is 1. The highest BCUT2D eigenvalue weighted by molar-refractivity contribution is 6.32. The lowest BCUT2D eigenvalue weighted by atomic mass is 9.84. The number of benzene rings is 1. The van der Waals surface area contributed by atoms with E-state index >= 15 is 0 Å². The van der Waals surface area contributed by atoms with E-state index in [-0.39, 0.29) is 5.97 Å². The van der Waals surface area contributed by atoms with Crippen molar-refractivity contribution >= 4 is 17.6 Å². The number of carbonyl (C=O) groups is 1. The van der Waals surface area contributed by atoms with Crippen LogP contribution in [-0.4, -0.2) is 12.6 Å². The van der Waals surface area contributed by atoms with Gasteiger partial charge in [0.05, 0.1) is 12.2 Å². The first-order chi connectivity index (χ1) is 8.58. The van der Waals surface area contributed by atoms with E-state index in [1.54, 1.807) is 13.0 Å². The van der Waals surface area contributed by atoms with Crippen LogP contribution < -0.4 is 0 Å². The van der Waals surface area contributed by atoms with Crippen molar-refractivity contribution in [1.29, 1.82) is 0 Å². The van der Waals surface area contributed by atoms with Crippen LogP contribution in [0.5, 0.6) is 0 Å². The van der Waals surface area contributed by atoms with Gasteiger partial charge in [-0.15, -0.1) is 0 Å². The summed E-state index contributed by atoms with van der Waals surface area (Å²) in [5.74, 6) is -0.324. The Bertz CT molecular complexity index is 517. The Morgan fingerprint density at radius 1 is 1.33 bits per heavy atom. The summed E-state index contributed by atoms with van der Waals surface area (Å²) in [5.41, 5.74) is 1.14. The lowest BCUT2D eigenvalue weighted by Crippen LogP contribution is -2.17. The number of allylic oxidation sites excluding steroid dienone is 2. The van der Waals surface area contributed by atoms with E-state index in [4.69, 9.17) is 16.3 Å². The number of carbonyl (C=O) groups excluding carboxylic acids is 1. The van der Waals surface area contributed by atoms with Gasteiger partial charge in [-0.3, -0.25) is 0 Å². The molecule has 0 saturated carbocycles. The van der Waals surface area contributed by atoms with Crippen LogP contribution in [0.1, 0.15) is 19.4 Å². The molecule has 0 fully saturated rings. The fourth-order valence-corrected chi connectivity index (χ4v) is 2.33. The van der Waals surface area contributed by atoms with E-state index in [1.807, 2.05) is 43.3 Å². The molecule has 0 bridgehead atoms. The van der Waals surface area contributed by atoms with Crippen LogP contribution in [0.2, 0.25) is 0 Å². The van der Waals surface area contributed by atoms with Gasteiger partial charge in [-0.1, -0.05) is 48.0 Å². The Morgan fingerprint density at radius 3 is 2.61 bits per heavy atom. The van der Waals surface area contributed by atoms with Crippen LogP contribution in [0.3, 0.4) is 0 Å². The summed E-state index contributed by atoms with van der Waals surface area (Å²) in [6.45, 7) is 4.15. The maximum atomic E-state index is 11.7. The van der Waals surface area contributed by atoms with E-state index in [2.05, 4.69) is 0 Å². The van der Waals surface area contributed by atoms with Crippen molar-refractivity contribution in [2.75, 3.05) is 6.61 Å². The molecule has 18 heavy (non-hydrogen) atoms. The molecule has 3 heteroatoms. The molecule has 94 valence electrons. The van der Waals surface area contributed by atoms with E-state index < -0.39 is 5.41 Å². The summed E-state index contributed by atoms with van der Waals surface area (Å²) in [7, 11) is 0. The molecule has 0 spiro atoms. The van der Waals surface area contributed by atoms with Crippen molar-refractivity contribution in [2.45, 2.75) is 19.3 Å². The molecule has 0 aliphatic heterocycles. The molecule has 2 nitrogen and oxygen atoms in total. The zero-order valence-corrected chi connectivity index (χ0v) is 11.2. The molecule has 1 atom stereocenters. The molecule has 0 heterocycles. The predicted molar refractivity (Wildman–Crippen MR) is 72.4 cm³/mol. The van der Waals surface area contributed by atoms with Crippen LogP contribution in [0.25, 0.3) is 0 Å². The summed E-state index contributed by atoms with van der Waals surface area (Å²) in [6, 6.07) is 9.87. The first kappa shape index (κ1) is 12.9. The molecule has 1 aromatic rings. The minimum Gasteiger partial charge on any atom is -0.462 e. The SMILES string of the molecule is CCOC(=O)C1=CC(C)(c2ccccc2)C(Cl)=C1. The fourth-order valence-electron chi connectivity index (χ4n) is 2.05. The van der Waals surface area contributed by atoms with Crippen LogP contribution in [-0.2, 0) is 14.9 Å². The van der Waals surface area contributed by atoms with Crippen LogP contribution in [0.15, 0.2) is 53.1 Å². The zero-order valence-electron chi connectivity index (χ0n) is 10.4. The van der Waals surface area contributed by atoms with Gasteiger partial charge in [0.25, 0.3) is 0 Å². The molecule has 0 N–H and O–H groups in total. The molecule has 0 radical (unpaired) electrons. The smallest absolute Gasteiger partial charge is 0.337 e. The summed E-state index contributed by atoms with van der Waals surface area (Å²) in [5, 5.41) is 0.636. The van der Waals surface area contributed by atoms with Gasteiger partial charge in [0, 0.05) is 10.4 Å². The summed E-state index contributed by atoms with van der Waals surface area (Å²) >= 11 is 6.29. The number of hydrogen-bond acceptors (Lipinski definition) is 2. The monoisotopic (exact) mass is 262 g/mol. The van der Waals surface area contributed by atoms with Gasteiger partial charge in [0.15, 0.2) is 0 Å². The van der Waals surface area contributed by atoms with Crippen molar-refractivity contribution in [3.05, 3.63) is 58.7 Å².